The number of nitrogens with one attached hydrogen (secondary N) is 1. The summed E-state index contributed by atoms with van der Waals surface area (Å²) < 4.78 is 87.1. The van der Waals surface area contributed by atoms with Gasteiger partial charge in [0.15, 0.2) is 5.82 Å². The van der Waals surface area contributed by atoms with Crippen LogP contribution in [0.2, 0.25) is 0 Å². The number of tetrazole rings is 1. The van der Waals surface area contributed by atoms with Gasteiger partial charge in [0.2, 0.25) is 0 Å². The van der Waals surface area contributed by atoms with E-state index in [0.717, 1.165) is 5.56 Å². The summed E-state index contributed by atoms with van der Waals surface area (Å²) in [5, 5.41) is 26.2. The molecule has 0 radical (unpaired) electrons. The van der Waals surface area contributed by atoms with E-state index >= 15 is 0 Å². The number of benzene rings is 2. The molecule has 2 aromatic carbocycles. The minimum absolute atomic E-state index is 0.0442. The molecule has 2 aliphatic rings. The van der Waals surface area contributed by atoms with Crippen LogP contribution in [0.25, 0.3) is 0 Å². The van der Waals surface area contributed by atoms with Crippen molar-refractivity contribution in [3.05, 3.63) is 76.6 Å². The molecule has 204 valence electrons. The van der Waals surface area contributed by atoms with Crippen molar-refractivity contribution in [2.24, 2.45) is 7.05 Å². The van der Waals surface area contributed by atoms with Crippen molar-refractivity contribution >= 4 is 0 Å². The van der Waals surface area contributed by atoms with E-state index in [1.165, 1.54) is 4.80 Å². The van der Waals surface area contributed by atoms with Gasteiger partial charge in [-0.25, -0.2) is 0 Å². The van der Waals surface area contributed by atoms with Crippen molar-refractivity contribution < 1.29 is 36.2 Å². The molecule has 2 fully saturated rings. The Morgan fingerprint density at radius 3 is 2.26 bits per heavy atom. The second kappa shape index (κ2) is 9.62. The summed E-state index contributed by atoms with van der Waals surface area (Å²) in [6.07, 6.45) is -10.6. The van der Waals surface area contributed by atoms with E-state index in [1.54, 1.807) is 7.05 Å². The lowest BCUT2D eigenvalue weighted by Gasteiger charge is -2.43. The average Bonchev–Trinajstić information content (AvgIpc) is 3.44. The number of piperidine rings is 1. The molecule has 2 bridgehead atoms. The Morgan fingerprint density at radius 2 is 1.71 bits per heavy atom. The molecular formula is C25H25F6N5O2. The summed E-state index contributed by atoms with van der Waals surface area (Å²) in [6, 6.07) is 10.5. The number of nitrogens with zero attached hydrogens (tertiary/aromatic N) is 4. The van der Waals surface area contributed by atoms with Crippen LogP contribution in [-0.4, -0.2) is 44.1 Å². The fourth-order valence-corrected chi connectivity index (χ4v) is 5.67. The number of hydrogen-bond acceptors (Lipinski definition) is 6. The first-order chi connectivity index (χ1) is 17.9. The topological polar surface area (TPSA) is 85.1 Å². The van der Waals surface area contributed by atoms with Gasteiger partial charge in [-0.1, -0.05) is 30.3 Å². The number of aromatic nitrogens is 4. The van der Waals surface area contributed by atoms with Crippen molar-refractivity contribution in [1.29, 1.82) is 0 Å². The van der Waals surface area contributed by atoms with Crippen LogP contribution in [0.4, 0.5) is 26.3 Å². The zero-order valence-electron chi connectivity index (χ0n) is 20.2. The predicted molar refractivity (Wildman–Crippen MR) is 122 cm³/mol. The Kier molecular flexibility index (Phi) is 6.72. The van der Waals surface area contributed by atoms with Crippen molar-refractivity contribution in [1.82, 2.24) is 25.5 Å². The van der Waals surface area contributed by atoms with E-state index < -0.39 is 53.4 Å². The van der Waals surface area contributed by atoms with Gasteiger partial charge in [-0.2, -0.15) is 31.1 Å². The third-order valence-electron chi connectivity index (χ3n) is 7.38. The van der Waals surface area contributed by atoms with Crippen LogP contribution in [0.5, 0.6) is 0 Å². The van der Waals surface area contributed by atoms with E-state index in [1.807, 2.05) is 30.3 Å². The van der Waals surface area contributed by atoms with Crippen molar-refractivity contribution in [3.63, 3.8) is 0 Å². The minimum Gasteiger partial charge on any atom is -0.393 e. The summed E-state index contributed by atoms with van der Waals surface area (Å²) in [6.45, 7) is -0.807. The van der Waals surface area contributed by atoms with Gasteiger partial charge in [-0.15, -0.1) is 10.2 Å². The van der Waals surface area contributed by atoms with Crippen LogP contribution in [-0.2, 0) is 29.7 Å². The maximum absolute atomic E-state index is 13.5. The Bertz CT molecular complexity index is 1250. The molecule has 2 aliphatic heterocycles. The van der Waals surface area contributed by atoms with E-state index in [9.17, 15) is 31.4 Å². The predicted octanol–water partition coefficient (Wildman–Crippen LogP) is 4.50. The number of halogens is 6. The number of alkyl halides is 6. The van der Waals surface area contributed by atoms with E-state index in [-0.39, 0.29) is 18.0 Å². The number of fused-ring (bicyclic) bond motifs is 2. The highest BCUT2D eigenvalue weighted by molar-refractivity contribution is 5.36. The molecule has 2 N–H and O–H groups in total. The highest BCUT2D eigenvalue weighted by atomic mass is 19.4. The highest BCUT2D eigenvalue weighted by Gasteiger charge is 2.56. The molecule has 0 unspecified atom stereocenters. The lowest BCUT2D eigenvalue weighted by molar-refractivity contribution is -0.143. The van der Waals surface area contributed by atoms with E-state index in [0.29, 0.717) is 37.2 Å². The van der Waals surface area contributed by atoms with Crippen LogP contribution < -0.4 is 5.32 Å². The molecule has 38 heavy (non-hydrogen) atoms. The van der Waals surface area contributed by atoms with Crippen molar-refractivity contribution in [3.8, 4) is 0 Å². The lowest BCUT2D eigenvalue weighted by atomic mass is 9.79. The van der Waals surface area contributed by atoms with Crippen LogP contribution in [0, 0.1) is 0 Å². The van der Waals surface area contributed by atoms with Crippen molar-refractivity contribution in [2.75, 3.05) is 6.61 Å². The second-order valence-corrected chi connectivity index (χ2v) is 9.75. The maximum Gasteiger partial charge on any atom is 0.416 e. The lowest BCUT2D eigenvalue weighted by Crippen LogP contribution is -2.55. The number of rotatable bonds is 6. The molecule has 7 nitrogen and oxygen atoms in total. The van der Waals surface area contributed by atoms with E-state index in [4.69, 9.17) is 4.74 Å². The molecule has 0 amide bonds. The Balaban J connectivity index is 1.52. The number of aliphatic hydroxyl groups is 1. The van der Waals surface area contributed by atoms with Gasteiger partial charge >= 0.3 is 12.4 Å². The summed E-state index contributed by atoms with van der Waals surface area (Å²) >= 11 is 0. The Labute approximate surface area is 213 Å². The van der Waals surface area contributed by atoms with Gasteiger partial charge in [-0.3, -0.25) is 0 Å². The standard InChI is InChI=1S/C25H25F6N5O2/c1-36-34-22(33-35-36)18-12-23(15-5-3-2-4-6-15)21(8-7-19(18)32-23)38-20(13-37)14-9-16(24(26,27)28)11-17(10-14)25(29,30)31/h2-6,9-11,18-21,32,37H,7-8,12-13H2,1H3/t18-,19+,20+,21-,23-/m1/s1. The quantitative estimate of drug-likeness (QED) is 0.447. The summed E-state index contributed by atoms with van der Waals surface area (Å²) in [5.41, 5.74) is -3.31. The SMILES string of the molecule is Cn1nnc([C@@H]2C[C@]3(c4ccccc4)N[C@H]2CC[C@H]3O[C@@H](CO)c2cc(C(F)(F)F)cc(C(F)(F)F)c2)n1. The molecule has 3 heterocycles. The first-order valence-electron chi connectivity index (χ1n) is 12.0. The molecule has 0 spiro atoms. The normalized spacial score (nSPS) is 26.5. The largest absolute Gasteiger partial charge is 0.416 e. The van der Waals surface area contributed by atoms with Crippen LogP contribution in [0.1, 0.15) is 59.4 Å². The molecule has 13 heteroatoms. The van der Waals surface area contributed by atoms with Gasteiger partial charge < -0.3 is 15.2 Å². The Morgan fingerprint density at radius 1 is 1.05 bits per heavy atom. The summed E-state index contributed by atoms with van der Waals surface area (Å²) in [4.78, 5) is 1.36. The molecule has 5 atom stereocenters. The number of hydrogen-bond donors (Lipinski definition) is 2. The Hall–Kier alpha value is -3.03. The van der Waals surface area contributed by atoms with Gasteiger partial charge in [0.1, 0.15) is 6.10 Å². The van der Waals surface area contributed by atoms with Gasteiger partial charge in [-0.05, 0) is 53.8 Å². The monoisotopic (exact) mass is 541 g/mol. The third-order valence-corrected chi connectivity index (χ3v) is 7.38. The zero-order chi connectivity index (χ0) is 27.3. The van der Waals surface area contributed by atoms with Gasteiger partial charge in [0.25, 0.3) is 0 Å². The molecule has 0 saturated carbocycles. The van der Waals surface area contributed by atoms with Crippen LogP contribution in [0.15, 0.2) is 48.5 Å². The number of aryl methyl sites for hydroxylation is 1. The molecular weight excluding hydrogens is 516 g/mol. The first-order valence-corrected chi connectivity index (χ1v) is 12.0. The zero-order valence-corrected chi connectivity index (χ0v) is 20.2. The van der Waals surface area contributed by atoms with Crippen LogP contribution >= 0.6 is 0 Å². The molecule has 0 aliphatic carbocycles. The van der Waals surface area contributed by atoms with Gasteiger partial charge in [0.05, 0.1) is 36.4 Å². The second-order valence-electron chi connectivity index (χ2n) is 9.75. The van der Waals surface area contributed by atoms with Crippen LogP contribution in [0.3, 0.4) is 0 Å². The first kappa shape index (κ1) is 26.6. The minimum atomic E-state index is -5.01. The summed E-state index contributed by atoms with van der Waals surface area (Å²) in [7, 11) is 1.65. The third kappa shape index (κ3) is 4.90. The fraction of sp³-hybridized carbons (Fsp3) is 0.480. The summed E-state index contributed by atoms with van der Waals surface area (Å²) in [5.74, 6) is 0.394. The number of aliphatic hydroxyl groups excluding tert-OH is 1. The molecule has 5 rings (SSSR count). The maximum atomic E-state index is 13.5. The molecule has 1 aromatic heterocycles. The van der Waals surface area contributed by atoms with Crippen molar-refractivity contribution in [2.45, 2.75) is 61.3 Å². The highest BCUT2D eigenvalue weighted by Crippen LogP contribution is 2.51. The molecule has 3 aromatic rings. The average molecular weight is 541 g/mol. The molecule has 2 saturated heterocycles. The smallest absolute Gasteiger partial charge is 0.393 e. The van der Waals surface area contributed by atoms with E-state index in [2.05, 4.69) is 20.7 Å². The fourth-order valence-electron chi connectivity index (χ4n) is 5.67. The van der Waals surface area contributed by atoms with Gasteiger partial charge in [0, 0.05) is 12.0 Å². The number of ether oxygens (including phenoxy) is 1.